The maximum atomic E-state index is 11.4. The number of H-pyrrole nitrogens is 1. The Hall–Kier alpha value is -0.770. The van der Waals surface area contributed by atoms with Gasteiger partial charge in [-0.15, -0.1) is 0 Å². The molecule has 17 heavy (non-hydrogen) atoms. The van der Waals surface area contributed by atoms with Crippen molar-refractivity contribution < 1.29 is 0 Å². The summed E-state index contributed by atoms with van der Waals surface area (Å²) in [6.07, 6.45) is 10.9. The monoisotopic (exact) mass is 252 g/mol. The van der Waals surface area contributed by atoms with Crippen LogP contribution in [0.25, 0.3) is 0 Å². The summed E-state index contributed by atoms with van der Waals surface area (Å²) in [6.45, 7) is 0. The molecule has 1 aliphatic rings. The molecule has 0 atom stereocenters. The van der Waals surface area contributed by atoms with E-state index < -0.39 is 0 Å². The van der Waals surface area contributed by atoms with Crippen LogP contribution in [0.4, 0.5) is 0 Å². The largest absolute Gasteiger partial charge is 0.301 e. The van der Waals surface area contributed by atoms with Crippen molar-refractivity contribution in [1.82, 2.24) is 9.97 Å². The zero-order valence-electron chi connectivity index (χ0n) is 10.4. The van der Waals surface area contributed by atoms with Gasteiger partial charge in [-0.05, 0) is 25.0 Å². The summed E-state index contributed by atoms with van der Waals surface area (Å²) in [7, 11) is 0. The van der Waals surface area contributed by atoms with Crippen molar-refractivity contribution in [1.29, 1.82) is 0 Å². The van der Waals surface area contributed by atoms with Crippen molar-refractivity contribution in [3.8, 4) is 0 Å². The van der Waals surface area contributed by atoms with Gasteiger partial charge in [-0.25, -0.2) is 4.98 Å². The first kappa shape index (κ1) is 12.7. The third-order valence-corrected chi connectivity index (χ3v) is 4.08. The summed E-state index contributed by atoms with van der Waals surface area (Å²) < 4.78 is 0. The number of hydrogen-bond donors (Lipinski definition) is 1. The quantitative estimate of drug-likeness (QED) is 0.662. The van der Waals surface area contributed by atoms with Crippen molar-refractivity contribution >= 4 is 11.8 Å². The smallest absolute Gasteiger partial charge is 0.251 e. The molecule has 1 N–H and O–H groups in total. The second kappa shape index (κ2) is 6.24. The summed E-state index contributed by atoms with van der Waals surface area (Å²) >= 11 is 1.49. The predicted octanol–water partition coefficient (Wildman–Crippen LogP) is 3.00. The van der Waals surface area contributed by atoms with Gasteiger partial charge < -0.3 is 4.98 Å². The molecule has 0 spiro atoms. The van der Waals surface area contributed by atoms with Crippen LogP contribution in [0.2, 0.25) is 0 Å². The van der Waals surface area contributed by atoms with Gasteiger partial charge in [-0.3, -0.25) is 4.79 Å². The first-order valence-corrected chi connectivity index (χ1v) is 7.64. The van der Waals surface area contributed by atoms with Gasteiger partial charge >= 0.3 is 0 Å². The lowest BCUT2D eigenvalue weighted by molar-refractivity contribution is 0.338. The van der Waals surface area contributed by atoms with E-state index in [2.05, 4.69) is 9.97 Å². The van der Waals surface area contributed by atoms with Gasteiger partial charge in [0.25, 0.3) is 5.56 Å². The lowest BCUT2D eigenvalue weighted by Crippen LogP contribution is -2.12. The van der Waals surface area contributed by atoms with E-state index in [0.717, 1.165) is 23.2 Å². The minimum absolute atomic E-state index is 0.0250. The molecule has 0 aliphatic heterocycles. The minimum atomic E-state index is -0.0250. The van der Waals surface area contributed by atoms with Crippen LogP contribution in [-0.2, 0) is 6.42 Å². The predicted molar refractivity (Wildman–Crippen MR) is 71.5 cm³/mol. The van der Waals surface area contributed by atoms with E-state index >= 15 is 0 Å². The Morgan fingerprint density at radius 1 is 1.41 bits per heavy atom. The first-order chi connectivity index (χ1) is 8.28. The average Bonchev–Trinajstić information content (AvgIpc) is 2.37. The molecular weight excluding hydrogens is 232 g/mol. The fourth-order valence-electron chi connectivity index (χ4n) is 2.54. The van der Waals surface area contributed by atoms with Gasteiger partial charge in [0.2, 0.25) is 0 Å². The standard InChI is InChI=1S/C13H20N2OS/c1-17-13-14-11(9-12(16)15-13)8-7-10-5-3-2-4-6-10/h9-10H,2-8H2,1H3,(H,14,15,16). The lowest BCUT2D eigenvalue weighted by atomic mass is 9.86. The molecule has 94 valence electrons. The highest BCUT2D eigenvalue weighted by molar-refractivity contribution is 7.98. The molecule has 0 aromatic carbocycles. The third kappa shape index (κ3) is 3.87. The highest BCUT2D eigenvalue weighted by Gasteiger charge is 2.13. The van der Waals surface area contributed by atoms with Crippen LogP contribution in [0.3, 0.4) is 0 Å². The summed E-state index contributed by atoms with van der Waals surface area (Å²) in [6, 6.07) is 1.64. The fraction of sp³-hybridized carbons (Fsp3) is 0.692. The Labute approximate surface area is 106 Å². The van der Waals surface area contributed by atoms with Gasteiger partial charge in [-0.1, -0.05) is 43.9 Å². The van der Waals surface area contributed by atoms with E-state index in [4.69, 9.17) is 0 Å². The Kier molecular flexibility index (Phi) is 4.66. The highest BCUT2D eigenvalue weighted by Crippen LogP contribution is 2.27. The second-order valence-electron chi connectivity index (χ2n) is 4.79. The number of aromatic amines is 1. The van der Waals surface area contributed by atoms with Crippen LogP contribution in [0.1, 0.15) is 44.2 Å². The number of hydrogen-bond acceptors (Lipinski definition) is 3. The van der Waals surface area contributed by atoms with Crippen LogP contribution in [-0.4, -0.2) is 16.2 Å². The molecule has 0 amide bonds. The molecule has 0 saturated heterocycles. The summed E-state index contributed by atoms with van der Waals surface area (Å²) in [5.74, 6) is 0.850. The van der Waals surface area contributed by atoms with Gasteiger partial charge in [0, 0.05) is 11.8 Å². The number of nitrogens with zero attached hydrogens (tertiary/aromatic N) is 1. The molecule has 0 radical (unpaired) electrons. The molecule has 1 aromatic heterocycles. The van der Waals surface area contributed by atoms with E-state index in [9.17, 15) is 4.79 Å². The molecule has 1 fully saturated rings. The molecule has 1 saturated carbocycles. The molecule has 1 aromatic rings. The Morgan fingerprint density at radius 2 is 2.18 bits per heavy atom. The lowest BCUT2D eigenvalue weighted by Gasteiger charge is -2.21. The van der Waals surface area contributed by atoms with Crippen molar-refractivity contribution in [3.05, 3.63) is 22.1 Å². The fourth-order valence-corrected chi connectivity index (χ4v) is 2.95. The van der Waals surface area contributed by atoms with Crippen molar-refractivity contribution in [3.63, 3.8) is 0 Å². The van der Waals surface area contributed by atoms with E-state index in [1.165, 1.54) is 50.3 Å². The summed E-state index contributed by atoms with van der Waals surface area (Å²) in [4.78, 5) is 18.6. The van der Waals surface area contributed by atoms with Crippen molar-refractivity contribution in [2.75, 3.05) is 6.26 Å². The van der Waals surface area contributed by atoms with Crippen LogP contribution in [0.15, 0.2) is 16.0 Å². The van der Waals surface area contributed by atoms with E-state index in [1.54, 1.807) is 6.07 Å². The number of thioether (sulfide) groups is 1. The molecule has 4 heteroatoms. The zero-order chi connectivity index (χ0) is 12.1. The molecule has 0 unspecified atom stereocenters. The molecule has 0 bridgehead atoms. The first-order valence-electron chi connectivity index (χ1n) is 6.42. The minimum Gasteiger partial charge on any atom is -0.301 e. The van der Waals surface area contributed by atoms with Crippen LogP contribution >= 0.6 is 11.8 Å². The third-order valence-electron chi connectivity index (χ3n) is 3.50. The highest BCUT2D eigenvalue weighted by atomic mass is 32.2. The van der Waals surface area contributed by atoms with E-state index in [-0.39, 0.29) is 5.56 Å². The van der Waals surface area contributed by atoms with E-state index in [1.807, 2.05) is 6.26 Å². The molecular formula is C13H20N2OS. The number of rotatable bonds is 4. The molecule has 1 aliphatic carbocycles. The van der Waals surface area contributed by atoms with Gasteiger partial charge in [0.1, 0.15) is 0 Å². The van der Waals surface area contributed by atoms with Gasteiger partial charge in [0.15, 0.2) is 5.16 Å². The maximum Gasteiger partial charge on any atom is 0.251 e. The summed E-state index contributed by atoms with van der Waals surface area (Å²) in [5, 5.41) is 0.733. The van der Waals surface area contributed by atoms with Gasteiger partial charge in [0.05, 0.1) is 0 Å². The topological polar surface area (TPSA) is 45.8 Å². The Balaban J connectivity index is 1.93. The van der Waals surface area contributed by atoms with Crippen molar-refractivity contribution in [2.24, 2.45) is 5.92 Å². The Bertz CT molecular complexity index is 410. The van der Waals surface area contributed by atoms with E-state index in [0.29, 0.717) is 0 Å². The van der Waals surface area contributed by atoms with Crippen LogP contribution < -0.4 is 5.56 Å². The summed E-state index contributed by atoms with van der Waals surface area (Å²) in [5.41, 5.74) is 0.923. The second-order valence-corrected chi connectivity index (χ2v) is 5.58. The average molecular weight is 252 g/mol. The number of aryl methyl sites for hydroxylation is 1. The maximum absolute atomic E-state index is 11.4. The van der Waals surface area contributed by atoms with Crippen LogP contribution in [0.5, 0.6) is 0 Å². The Morgan fingerprint density at radius 3 is 2.88 bits per heavy atom. The number of aromatic nitrogens is 2. The van der Waals surface area contributed by atoms with Gasteiger partial charge in [-0.2, -0.15) is 0 Å². The van der Waals surface area contributed by atoms with Crippen LogP contribution in [0, 0.1) is 5.92 Å². The van der Waals surface area contributed by atoms with Crippen molar-refractivity contribution in [2.45, 2.75) is 50.1 Å². The molecule has 3 nitrogen and oxygen atoms in total. The number of nitrogens with one attached hydrogen (secondary N) is 1. The molecule has 1 heterocycles. The normalized spacial score (nSPS) is 17.2. The molecule has 2 rings (SSSR count). The zero-order valence-corrected chi connectivity index (χ0v) is 11.2. The SMILES string of the molecule is CSc1nc(CCC2CCCCC2)cc(=O)[nH]1.